The number of hydrogen-bond acceptors (Lipinski definition) is 2. The molecule has 0 radical (unpaired) electrons. The van der Waals surface area contributed by atoms with E-state index >= 15 is 0 Å². The van der Waals surface area contributed by atoms with Crippen molar-refractivity contribution in [1.29, 1.82) is 0 Å². The Morgan fingerprint density at radius 2 is 1.89 bits per heavy atom. The van der Waals surface area contributed by atoms with Crippen molar-refractivity contribution in [3.05, 3.63) is 35.9 Å². The van der Waals surface area contributed by atoms with E-state index in [0.29, 0.717) is 6.54 Å². The van der Waals surface area contributed by atoms with E-state index in [-0.39, 0.29) is 24.4 Å². The van der Waals surface area contributed by atoms with Crippen LogP contribution in [0.2, 0.25) is 0 Å². The van der Waals surface area contributed by atoms with Crippen LogP contribution in [0.15, 0.2) is 30.3 Å². The fourth-order valence-corrected chi connectivity index (χ4v) is 2.97. The van der Waals surface area contributed by atoms with Crippen LogP contribution in [0.4, 0.5) is 0 Å². The number of piperazine rings is 1. The summed E-state index contributed by atoms with van der Waals surface area (Å²) in [6.45, 7) is 1.51. The van der Waals surface area contributed by atoms with Crippen LogP contribution < -0.4 is 0 Å². The fraction of sp³-hybridized carbons (Fsp3) is 0.467. The highest BCUT2D eigenvalue weighted by molar-refractivity contribution is 5.95. The Morgan fingerprint density at radius 1 is 1.11 bits per heavy atom. The van der Waals surface area contributed by atoms with Gasteiger partial charge in [0.05, 0.1) is 0 Å². The molecule has 4 heteroatoms. The lowest BCUT2D eigenvalue weighted by atomic mass is 9.98. The average Bonchev–Trinajstić information content (AvgIpc) is 2.46. The highest BCUT2D eigenvalue weighted by atomic mass is 16.2. The van der Waals surface area contributed by atoms with Gasteiger partial charge in [0.1, 0.15) is 12.6 Å². The number of nitrogens with zero attached hydrogens (tertiary/aromatic N) is 2. The first-order valence-electron chi connectivity index (χ1n) is 6.88. The lowest BCUT2D eigenvalue weighted by molar-refractivity contribution is -0.158. The molecule has 1 unspecified atom stereocenters. The second-order valence-corrected chi connectivity index (χ2v) is 5.28. The average molecular weight is 258 g/mol. The van der Waals surface area contributed by atoms with Gasteiger partial charge in [0.15, 0.2) is 0 Å². The summed E-state index contributed by atoms with van der Waals surface area (Å²) in [7, 11) is 0. The lowest BCUT2D eigenvalue weighted by Crippen LogP contribution is -2.60. The molecule has 0 N–H and O–H groups in total. The predicted octanol–water partition coefficient (Wildman–Crippen LogP) is 1.41. The van der Waals surface area contributed by atoms with Crippen LogP contribution in [0.3, 0.4) is 0 Å². The Hall–Kier alpha value is -1.84. The largest absolute Gasteiger partial charge is 0.329 e. The van der Waals surface area contributed by atoms with Gasteiger partial charge in [0.2, 0.25) is 11.8 Å². The Balaban J connectivity index is 1.76. The maximum atomic E-state index is 12.4. The SMILES string of the molecule is O=C1C2CCCCN2C(=O)CN1Cc1ccccc1. The molecule has 0 aliphatic carbocycles. The van der Waals surface area contributed by atoms with Gasteiger partial charge in [-0.05, 0) is 24.8 Å². The molecule has 0 aromatic heterocycles. The molecule has 2 aliphatic rings. The molecule has 0 saturated carbocycles. The molecule has 2 saturated heterocycles. The number of amides is 2. The summed E-state index contributed by atoms with van der Waals surface area (Å²) in [5.41, 5.74) is 1.08. The predicted molar refractivity (Wildman–Crippen MR) is 71.2 cm³/mol. The Labute approximate surface area is 113 Å². The van der Waals surface area contributed by atoms with E-state index in [4.69, 9.17) is 0 Å². The van der Waals surface area contributed by atoms with Crippen LogP contribution in [-0.4, -0.2) is 40.7 Å². The number of rotatable bonds is 2. The lowest BCUT2D eigenvalue weighted by Gasteiger charge is -2.42. The third-order valence-electron chi connectivity index (χ3n) is 3.96. The molecule has 2 heterocycles. The van der Waals surface area contributed by atoms with Gasteiger partial charge in [-0.25, -0.2) is 0 Å². The first-order valence-corrected chi connectivity index (χ1v) is 6.88. The molecule has 100 valence electrons. The smallest absolute Gasteiger partial charge is 0.246 e. The molecule has 3 rings (SSSR count). The molecule has 0 spiro atoms. The van der Waals surface area contributed by atoms with Crippen molar-refractivity contribution in [3.63, 3.8) is 0 Å². The number of fused-ring (bicyclic) bond motifs is 1. The summed E-state index contributed by atoms with van der Waals surface area (Å²) in [6.07, 6.45) is 2.88. The number of hydrogen-bond donors (Lipinski definition) is 0. The minimum atomic E-state index is -0.210. The minimum absolute atomic E-state index is 0.0974. The zero-order chi connectivity index (χ0) is 13.2. The topological polar surface area (TPSA) is 40.6 Å². The Bertz CT molecular complexity index is 486. The monoisotopic (exact) mass is 258 g/mol. The van der Waals surface area contributed by atoms with Crippen molar-refractivity contribution in [2.24, 2.45) is 0 Å². The molecular weight excluding hydrogens is 240 g/mol. The Kier molecular flexibility index (Phi) is 3.23. The molecule has 1 aromatic carbocycles. The molecule has 4 nitrogen and oxygen atoms in total. The molecule has 1 atom stereocenters. The zero-order valence-electron chi connectivity index (χ0n) is 10.9. The summed E-state index contributed by atoms with van der Waals surface area (Å²) in [4.78, 5) is 28.0. The van der Waals surface area contributed by atoms with Crippen molar-refractivity contribution in [3.8, 4) is 0 Å². The second kappa shape index (κ2) is 5.03. The summed E-state index contributed by atoms with van der Waals surface area (Å²) >= 11 is 0. The van der Waals surface area contributed by atoms with Crippen LogP contribution >= 0.6 is 0 Å². The minimum Gasteiger partial charge on any atom is -0.329 e. The summed E-state index contributed by atoms with van der Waals surface area (Å²) in [5.74, 6) is 0.211. The van der Waals surface area contributed by atoms with Crippen LogP contribution in [-0.2, 0) is 16.1 Å². The van der Waals surface area contributed by atoms with Crippen molar-refractivity contribution in [2.45, 2.75) is 31.8 Å². The normalized spacial score (nSPS) is 23.5. The van der Waals surface area contributed by atoms with E-state index in [0.717, 1.165) is 31.4 Å². The van der Waals surface area contributed by atoms with E-state index < -0.39 is 0 Å². The van der Waals surface area contributed by atoms with E-state index in [1.807, 2.05) is 30.3 Å². The van der Waals surface area contributed by atoms with Gasteiger partial charge in [-0.3, -0.25) is 9.59 Å². The number of benzene rings is 1. The molecule has 2 amide bonds. The number of carbonyl (C=O) groups excluding carboxylic acids is 2. The van der Waals surface area contributed by atoms with E-state index in [9.17, 15) is 9.59 Å². The molecule has 1 aromatic rings. The van der Waals surface area contributed by atoms with Gasteiger partial charge in [0.25, 0.3) is 0 Å². The van der Waals surface area contributed by atoms with Crippen LogP contribution in [0.5, 0.6) is 0 Å². The molecule has 2 fully saturated rings. The first-order chi connectivity index (χ1) is 9.25. The Morgan fingerprint density at radius 3 is 2.68 bits per heavy atom. The third-order valence-corrected chi connectivity index (χ3v) is 3.96. The van der Waals surface area contributed by atoms with Gasteiger partial charge in [-0.1, -0.05) is 30.3 Å². The molecule has 0 bridgehead atoms. The highest BCUT2D eigenvalue weighted by Gasteiger charge is 2.40. The van der Waals surface area contributed by atoms with E-state index in [1.54, 1.807) is 9.80 Å². The van der Waals surface area contributed by atoms with Crippen molar-refractivity contribution >= 4 is 11.8 Å². The summed E-state index contributed by atoms with van der Waals surface area (Å²) < 4.78 is 0. The first kappa shape index (κ1) is 12.2. The summed E-state index contributed by atoms with van der Waals surface area (Å²) in [6, 6.07) is 9.64. The van der Waals surface area contributed by atoms with Crippen LogP contribution in [0.1, 0.15) is 24.8 Å². The maximum Gasteiger partial charge on any atom is 0.246 e. The molecule has 19 heavy (non-hydrogen) atoms. The van der Waals surface area contributed by atoms with Gasteiger partial charge >= 0.3 is 0 Å². The van der Waals surface area contributed by atoms with Crippen molar-refractivity contribution < 1.29 is 9.59 Å². The third kappa shape index (κ3) is 2.35. The summed E-state index contributed by atoms with van der Waals surface area (Å²) in [5, 5.41) is 0. The molecule has 2 aliphatic heterocycles. The van der Waals surface area contributed by atoms with E-state index in [2.05, 4.69) is 0 Å². The van der Waals surface area contributed by atoms with Gasteiger partial charge < -0.3 is 9.80 Å². The standard InChI is InChI=1S/C15H18N2O2/c18-14-11-16(10-12-6-2-1-3-7-12)15(19)13-8-4-5-9-17(13)14/h1-3,6-7,13H,4-5,8-11H2. The van der Waals surface area contributed by atoms with Crippen molar-refractivity contribution in [1.82, 2.24) is 9.80 Å². The second-order valence-electron chi connectivity index (χ2n) is 5.28. The maximum absolute atomic E-state index is 12.4. The van der Waals surface area contributed by atoms with Crippen LogP contribution in [0.25, 0.3) is 0 Å². The zero-order valence-corrected chi connectivity index (χ0v) is 10.9. The van der Waals surface area contributed by atoms with Gasteiger partial charge in [0, 0.05) is 13.1 Å². The quantitative estimate of drug-likeness (QED) is 0.804. The van der Waals surface area contributed by atoms with Crippen LogP contribution in [0, 0.1) is 0 Å². The van der Waals surface area contributed by atoms with Crippen molar-refractivity contribution in [2.75, 3.05) is 13.1 Å². The van der Waals surface area contributed by atoms with E-state index in [1.165, 1.54) is 0 Å². The fourth-order valence-electron chi connectivity index (χ4n) is 2.97. The van der Waals surface area contributed by atoms with Gasteiger partial charge in [-0.2, -0.15) is 0 Å². The number of piperidine rings is 1. The van der Waals surface area contributed by atoms with Gasteiger partial charge in [-0.15, -0.1) is 0 Å². The number of carbonyl (C=O) groups is 2. The highest BCUT2D eigenvalue weighted by Crippen LogP contribution is 2.24. The molecular formula is C15H18N2O2.